The van der Waals surface area contributed by atoms with Gasteiger partial charge in [-0.25, -0.2) is 0 Å². The summed E-state index contributed by atoms with van der Waals surface area (Å²) in [6.07, 6.45) is 8.34. The minimum absolute atomic E-state index is 0.0567. The van der Waals surface area contributed by atoms with Crippen molar-refractivity contribution < 1.29 is 9.59 Å². The van der Waals surface area contributed by atoms with Crippen LogP contribution in [-0.2, 0) is 16.0 Å². The summed E-state index contributed by atoms with van der Waals surface area (Å²) in [5.74, 6) is 0.453. The maximum atomic E-state index is 12.7. The molecule has 0 aliphatic carbocycles. The van der Waals surface area contributed by atoms with E-state index < -0.39 is 0 Å². The molecule has 3 rings (SSSR count). The van der Waals surface area contributed by atoms with Gasteiger partial charge in [0.15, 0.2) is 0 Å². The smallest absolute Gasteiger partial charge is 0.222 e. The molecule has 1 N–H and O–H groups in total. The van der Waals surface area contributed by atoms with Gasteiger partial charge in [-0.05, 0) is 38.3 Å². The van der Waals surface area contributed by atoms with E-state index in [1.807, 2.05) is 29.2 Å². The summed E-state index contributed by atoms with van der Waals surface area (Å²) in [7, 11) is 4.01. The molecule has 138 valence electrons. The molecule has 7 heteroatoms. The third-order valence-corrected chi connectivity index (χ3v) is 5.91. The second-order valence-electron chi connectivity index (χ2n) is 7.49. The third kappa shape index (κ3) is 4.03. The Morgan fingerprint density at radius 2 is 2.12 bits per heavy atom. The molecule has 25 heavy (non-hydrogen) atoms. The number of H-pyrrole nitrogens is 1. The number of amides is 2. The van der Waals surface area contributed by atoms with E-state index in [0.29, 0.717) is 12.8 Å². The van der Waals surface area contributed by atoms with Gasteiger partial charge >= 0.3 is 0 Å². The zero-order chi connectivity index (χ0) is 17.9. The summed E-state index contributed by atoms with van der Waals surface area (Å²) in [4.78, 5) is 30.9. The monoisotopic (exact) mass is 347 g/mol. The number of hydrogen-bond donors (Lipinski definition) is 1. The molecular formula is C18H29N5O2. The molecular weight excluding hydrogens is 318 g/mol. The Morgan fingerprint density at radius 3 is 2.88 bits per heavy atom. The second-order valence-corrected chi connectivity index (χ2v) is 7.49. The third-order valence-electron chi connectivity index (χ3n) is 5.91. The molecule has 0 radical (unpaired) electrons. The maximum Gasteiger partial charge on any atom is 0.222 e. The first-order valence-electron chi connectivity index (χ1n) is 9.21. The number of carbonyl (C=O) groups is 2. The molecule has 2 amide bonds. The number of nitrogens with one attached hydrogen (secondary N) is 1. The van der Waals surface area contributed by atoms with E-state index in [4.69, 9.17) is 0 Å². The van der Waals surface area contributed by atoms with E-state index in [0.717, 1.165) is 57.4 Å². The summed E-state index contributed by atoms with van der Waals surface area (Å²) in [5.41, 5.74) is 1.09. The van der Waals surface area contributed by atoms with Crippen molar-refractivity contribution in [3.05, 3.63) is 18.0 Å². The van der Waals surface area contributed by atoms with Crippen molar-refractivity contribution in [1.29, 1.82) is 0 Å². The molecule has 0 saturated carbocycles. The Morgan fingerprint density at radius 1 is 1.28 bits per heavy atom. The van der Waals surface area contributed by atoms with Gasteiger partial charge in [0, 0.05) is 57.8 Å². The number of piperazine rings is 1. The first-order chi connectivity index (χ1) is 12.0. The Bertz CT molecular complexity index is 603. The zero-order valence-corrected chi connectivity index (χ0v) is 15.3. The number of likely N-dealkylation sites (tertiary alicyclic amines) is 1. The van der Waals surface area contributed by atoms with E-state index >= 15 is 0 Å². The number of aromatic amines is 1. The van der Waals surface area contributed by atoms with Crippen LogP contribution in [0.15, 0.2) is 12.4 Å². The van der Waals surface area contributed by atoms with Crippen LogP contribution in [-0.4, -0.2) is 82.5 Å². The number of hydrogen-bond acceptors (Lipinski definition) is 4. The lowest BCUT2D eigenvalue weighted by Crippen LogP contribution is -2.62. The SMILES string of the molecule is CN1CC[C@@]2(CCC1=O)CN(C(=O)CCCc1cn[nH]c1)CCN2C. The summed E-state index contributed by atoms with van der Waals surface area (Å²) in [6, 6.07) is 0. The number of rotatable bonds is 4. The Balaban J connectivity index is 1.57. The molecule has 7 nitrogen and oxygen atoms in total. The molecule has 0 unspecified atom stereocenters. The Labute approximate surface area is 149 Å². The number of aryl methyl sites for hydroxylation is 1. The molecule has 3 heterocycles. The highest BCUT2D eigenvalue weighted by Crippen LogP contribution is 2.32. The van der Waals surface area contributed by atoms with Gasteiger partial charge in [0.2, 0.25) is 11.8 Å². The van der Waals surface area contributed by atoms with Crippen LogP contribution in [0.25, 0.3) is 0 Å². The van der Waals surface area contributed by atoms with Gasteiger partial charge in [-0.1, -0.05) is 0 Å². The number of carbonyl (C=O) groups excluding carboxylic acids is 2. The van der Waals surface area contributed by atoms with Crippen molar-refractivity contribution in [2.75, 3.05) is 40.3 Å². The molecule has 0 aromatic carbocycles. The van der Waals surface area contributed by atoms with Gasteiger partial charge < -0.3 is 9.80 Å². The largest absolute Gasteiger partial charge is 0.346 e. The predicted molar refractivity (Wildman–Crippen MR) is 95.0 cm³/mol. The Hall–Kier alpha value is -1.89. The highest BCUT2D eigenvalue weighted by atomic mass is 16.2. The van der Waals surface area contributed by atoms with Crippen LogP contribution >= 0.6 is 0 Å². The normalized spacial score (nSPS) is 25.4. The van der Waals surface area contributed by atoms with Crippen LogP contribution in [0.5, 0.6) is 0 Å². The van der Waals surface area contributed by atoms with Gasteiger partial charge in [0.25, 0.3) is 0 Å². The van der Waals surface area contributed by atoms with E-state index in [1.54, 1.807) is 0 Å². The van der Waals surface area contributed by atoms with Gasteiger partial charge in [0.05, 0.1) is 6.20 Å². The summed E-state index contributed by atoms with van der Waals surface area (Å²) in [5, 5.41) is 6.74. The molecule has 1 aromatic rings. The lowest BCUT2D eigenvalue weighted by Gasteiger charge is -2.49. The van der Waals surface area contributed by atoms with Crippen molar-refractivity contribution in [3.8, 4) is 0 Å². The molecule has 2 aliphatic heterocycles. The minimum atomic E-state index is -0.0567. The first-order valence-corrected chi connectivity index (χ1v) is 9.21. The van der Waals surface area contributed by atoms with Gasteiger partial charge in [-0.3, -0.25) is 19.6 Å². The van der Waals surface area contributed by atoms with E-state index in [1.165, 1.54) is 0 Å². The molecule has 1 spiro atoms. The molecule has 2 fully saturated rings. The summed E-state index contributed by atoms with van der Waals surface area (Å²) >= 11 is 0. The molecule has 1 aromatic heterocycles. The lowest BCUT2D eigenvalue weighted by atomic mass is 9.86. The average molecular weight is 347 g/mol. The molecule has 0 bridgehead atoms. The lowest BCUT2D eigenvalue weighted by molar-refractivity contribution is -0.137. The maximum absolute atomic E-state index is 12.7. The van der Waals surface area contributed by atoms with E-state index in [9.17, 15) is 9.59 Å². The van der Waals surface area contributed by atoms with Crippen LogP contribution in [0.1, 0.15) is 37.7 Å². The molecule has 2 saturated heterocycles. The van der Waals surface area contributed by atoms with Crippen molar-refractivity contribution in [2.45, 2.75) is 44.1 Å². The van der Waals surface area contributed by atoms with Crippen molar-refractivity contribution >= 4 is 11.8 Å². The highest BCUT2D eigenvalue weighted by Gasteiger charge is 2.42. The quantitative estimate of drug-likeness (QED) is 0.878. The average Bonchev–Trinajstić information content (AvgIpc) is 3.08. The number of nitrogens with zero attached hydrogens (tertiary/aromatic N) is 4. The fourth-order valence-electron chi connectivity index (χ4n) is 3.99. The summed E-state index contributed by atoms with van der Waals surface area (Å²) in [6.45, 7) is 3.18. The topological polar surface area (TPSA) is 72.5 Å². The van der Waals surface area contributed by atoms with Crippen LogP contribution in [0.3, 0.4) is 0 Å². The predicted octanol–water partition coefficient (Wildman–Crippen LogP) is 0.888. The number of likely N-dealkylation sites (N-methyl/N-ethyl adjacent to an activating group) is 1. The van der Waals surface area contributed by atoms with E-state index in [2.05, 4.69) is 22.1 Å². The zero-order valence-electron chi connectivity index (χ0n) is 15.3. The van der Waals surface area contributed by atoms with Crippen molar-refractivity contribution in [2.24, 2.45) is 0 Å². The van der Waals surface area contributed by atoms with Gasteiger partial charge in [-0.15, -0.1) is 0 Å². The Kier molecular flexibility index (Phi) is 5.42. The highest BCUT2D eigenvalue weighted by molar-refractivity contribution is 5.77. The standard InChI is InChI=1S/C18H29N5O2/c1-21-9-8-18(7-6-16(21)24)14-23(11-10-22(18)2)17(25)5-3-4-15-12-19-20-13-15/h12-13H,3-11,14H2,1-2H3,(H,19,20)/t18-/m0/s1. The fraction of sp³-hybridized carbons (Fsp3) is 0.722. The van der Waals surface area contributed by atoms with Crippen molar-refractivity contribution in [1.82, 2.24) is 24.9 Å². The first kappa shape index (κ1) is 17.9. The van der Waals surface area contributed by atoms with Crippen LogP contribution in [0, 0.1) is 0 Å². The summed E-state index contributed by atoms with van der Waals surface area (Å²) < 4.78 is 0. The van der Waals surface area contributed by atoms with Crippen LogP contribution in [0.2, 0.25) is 0 Å². The minimum Gasteiger partial charge on any atom is -0.346 e. The van der Waals surface area contributed by atoms with E-state index in [-0.39, 0.29) is 17.4 Å². The van der Waals surface area contributed by atoms with Gasteiger partial charge in [0.1, 0.15) is 0 Å². The van der Waals surface area contributed by atoms with Gasteiger partial charge in [-0.2, -0.15) is 5.10 Å². The number of aromatic nitrogens is 2. The second kappa shape index (κ2) is 7.56. The molecule has 1 atom stereocenters. The van der Waals surface area contributed by atoms with Crippen LogP contribution in [0.4, 0.5) is 0 Å². The van der Waals surface area contributed by atoms with Crippen molar-refractivity contribution in [3.63, 3.8) is 0 Å². The molecule has 2 aliphatic rings. The fourth-order valence-corrected chi connectivity index (χ4v) is 3.99. The van der Waals surface area contributed by atoms with Crippen LogP contribution < -0.4 is 0 Å².